The van der Waals surface area contributed by atoms with Crippen molar-refractivity contribution in [3.05, 3.63) is 22.8 Å². The van der Waals surface area contributed by atoms with Crippen molar-refractivity contribution in [3.8, 4) is 12.3 Å². The molecule has 0 aromatic carbocycles. The molecule has 0 saturated heterocycles. The summed E-state index contributed by atoms with van der Waals surface area (Å²) >= 11 is 5.74. The molecule has 0 radical (unpaired) electrons. The number of aromatic nitrogens is 1. The highest BCUT2D eigenvalue weighted by Gasteiger charge is 2.11. The molecule has 0 aliphatic rings. The van der Waals surface area contributed by atoms with Gasteiger partial charge in [-0.15, -0.1) is 6.42 Å². The molecule has 1 heterocycles. The highest BCUT2D eigenvalue weighted by Crippen LogP contribution is 2.17. The van der Waals surface area contributed by atoms with Gasteiger partial charge in [-0.3, -0.25) is 0 Å². The molecule has 5 heteroatoms. The quantitative estimate of drug-likeness (QED) is 0.643. The van der Waals surface area contributed by atoms with Crippen LogP contribution in [0.1, 0.15) is 17.3 Å². The number of pyridine rings is 1. The normalized spacial score (nSPS) is 9.56. The van der Waals surface area contributed by atoms with Crippen molar-refractivity contribution in [1.82, 2.24) is 4.98 Å². The van der Waals surface area contributed by atoms with Gasteiger partial charge in [-0.2, -0.15) is 0 Å². The zero-order chi connectivity index (χ0) is 12.1. The molecule has 1 N–H and O–H groups in total. The Bertz CT molecular complexity index is 440. The van der Waals surface area contributed by atoms with E-state index in [1.807, 2.05) is 6.92 Å². The Kier molecular flexibility index (Phi) is 4.15. The molecule has 0 bridgehead atoms. The first-order valence-corrected chi connectivity index (χ1v) is 5.05. The van der Waals surface area contributed by atoms with Gasteiger partial charge in [-0.25, -0.2) is 9.78 Å². The smallest absolute Gasteiger partial charge is 0.335 e. The number of carboxylic acids is 1. The van der Waals surface area contributed by atoms with E-state index in [2.05, 4.69) is 10.9 Å². The van der Waals surface area contributed by atoms with E-state index in [0.29, 0.717) is 18.9 Å². The van der Waals surface area contributed by atoms with E-state index in [4.69, 9.17) is 23.1 Å². The largest absolute Gasteiger partial charge is 0.478 e. The van der Waals surface area contributed by atoms with E-state index in [9.17, 15) is 4.79 Å². The average molecular weight is 239 g/mol. The summed E-state index contributed by atoms with van der Waals surface area (Å²) in [6, 6.07) is 2.76. The maximum atomic E-state index is 10.8. The van der Waals surface area contributed by atoms with Crippen LogP contribution in [-0.4, -0.2) is 29.1 Å². The van der Waals surface area contributed by atoms with Crippen LogP contribution >= 0.6 is 11.6 Å². The molecular formula is C11H11ClN2O2. The van der Waals surface area contributed by atoms with Crippen LogP contribution in [-0.2, 0) is 0 Å². The Labute approximate surface area is 98.9 Å². The predicted molar refractivity (Wildman–Crippen MR) is 62.9 cm³/mol. The summed E-state index contributed by atoms with van der Waals surface area (Å²) in [5.74, 6) is 1.92. The van der Waals surface area contributed by atoms with Crippen molar-refractivity contribution in [3.63, 3.8) is 0 Å². The van der Waals surface area contributed by atoms with Crippen LogP contribution in [0.25, 0.3) is 0 Å². The molecule has 4 nitrogen and oxygen atoms in total. The molecule has 0 amide bonds. The Morgan fingerprint density at radius 2 is 2.38 bits per heavy atom. The number of halogens is 1. The Morgan fingerprint density at radius 1 is 1.69 bits per heavy atom. The molecule has 0 aliphatic heterocycles. The SMILES string of the molecule is C#CCN(CC)c1cc(C(=O)O)cc(Cl)n1. The van der Waals surface area contributed by atoms with Gasteiger partial charge in [0.25, 0.3) is 0 Å². The lowest BCUT2D eigenvalue weighted by Crippen LogP contribution is -2.24. The summed E-state index contributed by atoms with van der Waals surface area (Å²) in [6.45, 7) is 2.90. The molecule has 0 atom stereocenters. The number of anilines is 1. The molecule has 16 heavy (non-hydrogen) atoms. The zero-order valence-electron chi connectivity index (χ0n) is 8.77. The number of carbonyl (C=O) groups is 1. The van der Waals surface area contributed by atoms with Crippen molar-refractivity contribution in [2.45, 2.75) is 6.92 Å². The van der Waals surface area contributed by atoms with Gasteiger partial charge < -0.3 is 10.0 Å². The fraction of sp³-hybridized carbons (Fsp3) is 0.273. The first kappa shape index (κ1) is 12.3. The minimum Gasteiger partial charge on any atom is -0.478 e. The molecule has 1 aromatic heterocycles. The molecule has 1 rings (SSSR count). The molecule has 0 aliphatic carbocycles. The molecule has 0 saturated carbocycles. The van der Waals surface area contributed by atoms with Crippen LogP contribution in [0.3, 0.4) is 0 Å². The van der Waals surface area contributed by atoms with E-state index >= 15 is 0 Å². The van der Waals surface area contributed by atoms with E-state index in [1.54, 1.807) is 4.90 Å². The van der Waals surface area contributed by atoms with Crippen molar-refractivity contribution in [2.75, 3.05) is 18.0 Å². The van der Waals surface area contributed by atoms with E-state index < -0.39 is 5.97 Å². The van der Waals surface area contributed by atoms with Gasteiger partial charge in [-0.1, -0.05) is 17.5 Å². The Morgan fingerprint density at radius 3 is 2.88 bits per heavy atom. The second kappa shape index (κ2) is 5.38. The van der Waals surface area contributed by atoms with Crippen LogP contribution < -0.4 is 4.90 Å². The summed E-state index contributed by atoms with van der Waals surface area (Å²) in [7, 11) is 0. The van der Waals surface area contributed by atoms with Crippen molar-refractivity contribution in [2.24, 2.45) is 0 Å². The maximum Gasteiger partial charge on any atom is 0.335 e. The summed E-state index contributed by atoms with van der Waals surface area (Å²) in [5.41, 5.74) is 0.102. The highest BCUT2D eigenvalue weighted by atomic mass is 35.5. The highest BCUT2D eigenvalue weighted by molar-refractivity contribution is 6.29. The van der Waals surface area contributed by atoms with Gasteiger partial charge in [-0.05, 0) is 19.1 Å². The van der Waals surface area contributed by atoms with Crippen molar-refractivity contribution in [1.29, 1.82) is 0 Å². The fourth-order valence-corrected chi connectivity index (χ4v) is 1.44. The molecule has 0 fully saturated rings. The molecule has 1 aromatic rings. The molecule has 0 spiro atoms. The van der Waals surface area contributed by atoms with Crippen molar-refractivity contribution >= 4 is 23.4 Å². The van der Waals surface area contributed by atoms with Crippen LogP contribution in [0.15, 0.2) is 12.1 Å². The summed E-state index contributed by atoms with van der Waals surface area (Å²) in [5, 5.41) is 9.02. The minimum absolute atomic E-state index is 0.102. The van der Waals surface area contributed by atoms with Gasteiger partial charge in [0.2, 0.25) is 0 Å². The maximum absolute atomic E-state index is 10.8. The van der Waals surface area contributed by atoms with Crippen LogP contribution in [0.2, 0.25) is 5.15 Å². The summed E-state index contributed by atoms with van der Waals surface area (Å²) in [6.07, 6.45) is 5.21. The Balaban J connectivity index is 3.13. The topological polar surface area (TPSA) is 53.4 Å². The fourth-order valence-electron chi connectivity index (χ4n) is 1.23. The van der Waals surface area contributed by atoms with Gasteiger partial charge in [0.15, 0.2) is 0 Å². The third-order valence-electron chi connectivity index (χ3n) is 2.02. The summed E-state index contributed by atoms with van der Waals surface area (Å²) in [4.78, 5) is 16.6. The van der Waals surface area contributed by atoms with Crippen LogP contribution in [0.5, 0.6) is 0 Å². The second-order valence-corrected chi connectivity index (χ2v) is 3.45. The lowest BCUT2D eigenvalue weighted by atomic mass is 10.2. The van der Waals surface area contributed by atoms with Crippen LogP contribution in [0.4, 0.5) is 5.82 Å². The van der Waals surface area contributed by atoms with Gasteiger partial charge in [0, 0.05) is 6.54 Å². The molecule has 84 valence electrons. The van der Waals surface area contributed by atoms with E-state index in [0.717, 1.165) is 0 Å². The molecule has 0 unspecified atom stereocenters. The van der Waals surface area contributed by atoms with E-state index in [1.165, 1.54) is 12.1 Å². The van der Waals surface area contributed by atoms with Gasteiger partial charge in [0.1, 0.15) is 11.0 Å². The lowest BCUT2D eigenvalue weighted by molar-refractivity contribution is 0.0697. The standard InChI is InChI=1S/C11H11ClN2O2/c1-3-5-14(4-2)10-7-8(11(15)16)6-9(12)13-10/h1,6-7H,4-5H2,2H3,(H,15,16). The average Bonchev–Trinajstić information content (AvgIpc) is 2.24. The molecular weight excluding hydrogens is 228 g/mol. The third kappa shape index (κ3) is 2.88. The predicted octanol–water partition coefficient (Wildman–Crippen LogP) is 1.89. The number of rotatable bonds is 4. The number of nitrogens with zero attached hydrogens (tertiary/aromatic N) is 2. The number of hydrogen-bond acceptors (Lipinski definition) is 3. The first-order chi connectivity index (χ1) is 7.58. The van der Waals surface area contributed by atoms with Gasteiger partial charge in [0.05, 0.1) is 12.1 Å². The third-order valence-corrected chi connectivity index (χ3v) is 2.21. The monoisotopic (exact) mass is 238 g/mol. The lowest BCUT2D eigenvalue weighted by Gasteiger charge is -2.19. The zero-order valence-corrected chi connectivity index (χ0v) is 9.53. The number of aromatic carboxylic acids is 1. The first-order valence-electron chi connectivity index (χ1n) is 4.67. The van der Waals surface area contributed by atoms with Crippen molar-refractivity contribution < 1.29 is 9.90 Å². The minimum atomic E-state index is -1.04. The number of carboxylic acid groups (broad SMARTS) is 1. The van der Waals surface area contributed by atoms with Gasteiger partial charge >= 0.3 is 5.97 Å². The van der Waals surface area contributed by atoms with E-state index in [-0.39, 0.29) is 10.7 Å². The van der Waals surface area contributed by atoms with Crippen LogP contribution in [0, 0.1) is 12.3 Å². The number of hydrogen-bond donors (Lipinski definition) is 1. The second-order valence-electron chi connectivity index (χ2n) is 3.06. The summed E-state index contributed by atoms with van der Waals surface area (Å²) < 4.78 is 0. The number of terminal acetylenes is 1. The Hall–Kier alpha value is -1.73.